The van der Waals surface area contributed by atoms with Gasteiger partial charge in [-0.1, -0.05) is 24.3 Å². The van der Waals surface area contributed by atoms with E-state index < -0.39 is 7.12 Å². The lowest BCUT2D eigenvalue weighted by molar-refractivity contribution is 0.426. The molecule has 0 aliphatic rings. The fraction of sp³-hybridized carbons (Fsp3) is 0.182. The Morgan fingerprint density at radius 3 is 2.38 bits per heavy atom. The van der Waals surface area contributed by atoms with Crippen molar-refractivity contribution in [1.29, 1.82) is 0 Å². The van der Waals surface area contributed by atoms with Crippen LogP contribution in [0.5, 0.6) is 0 Å². The first kappa shape index (κ1) is 10.9. The predicted octanol–water partition coefficient (Wildman–Crippen LogP) is -0.0804. The minimum Gasteiger partial charge on any atom is -0.423 e. The number of nitrogens with zero attached hydrogens (tertiary/aromatic N) is 2. The molecule has 1 aromatic carbocycles. The zero-order valence-corrected chi connectivity index (χ0v) is 9.04. The van der Waals surface area contributed by atoms with E-state index in [4.69, 9.17) is 10.0 Å². The summed E-state index contributed by atoms with van der Waals surface area (Å²) in [5.41, 5.74) is 2.68. The summed E-state index contributed by atoms with van der Waals surface area (Å²) in [4.78, 5) is 0. The molecular weight excluding hydrogens is 203 g/mol. The number of rotatable bonds is 3. The van der Waals surface area contributed by atoms with E-state index in [9.17, 15) is 0 Å². The van der Waals surface area contributed by atoms with Crippen LogP contribution in [0.2, 0.25) is 0 Å². The molecule has 0 saturated heterocycles. The first-order valence-corrected chi connectivity index (χ1v) is 5.10. The molecule has 0 spiro atoms. The molecule has 0 fully saturated rings. The van der Waals surface area contributed by atoms with E-state index in [1.54, 1.807) is 18.3 Å². The molecule has 2 rings (SSSR count). The van der Waals surface area contributed by atoms with Crippen LogP contribution in [0, 0.1) is 6.92 Å². The van der Waals surface area contributed by atoms with Gasteiger partial charge < -0.3 is 10.0 Å². The molecule has 0 aliphatic carbocycles. The summed E-state index contributed by atoms with van der Waals surface area (Å²) >= 11 is 0. The molecule has 16 heavy (non-hydrogen) atoms. The molecule has 5 heteroatoms. The molecule has 2 N–H and O–H groups in total. The lowest BCUT2D eigenvalue weighted by atomic mass is 9.80. The molecule has 0 atom stereocenters. The Morgan fingerprint density at radius 1 is 1.19 bits per heavy atom. The molecule has 0 amide bonds. The van der Waals surface area contributed by atoms with Crippen molar-refractivity contribution in [3.05, 3.63) is 47.8 Å². The molecule has 1 heterocycles. The SMILES string of the molecule is Cc1ccnn1Cc1ccc(B(O)O)cc1. The summed E-state index contributed by atoms with van der Waals surface area (Å²) in [5.74, 6) is 0. The van der Waals surface area contributed by atoms with Crippen molar-refractivity contribution in [1.82, 2.24) is 9.78 Å². The highest BCUT2D eigenvalue weighted by atomic mass is 16.4. The Bertz CT molecular complexity index is 465. The highest BCUT2D eigenvalue weighted by Gasteiger charge is 2.09. The van der Waals surface area contributed by atoms with Gasteiger partial charge in [-0.25, -0.2) is 0 Å². The van der Waals surface area contributed by atoms with Gasteiger partial charge in [-0.2, -0.15) is 5.10 Å². The van der Waals surface area contributed by atoms with Gasteiger partial charge in [0, 0.05) is 11.9 Å². The van der Waals surface area contributed by atoms with Crippen LogP contribution in [-0.2, 0) is 6.54 Å². The average molecular weight is 216 g/mol. The van der Waals surface area contributed by atoms with Crippen LogP contribution in [0.4, 0.5) is 0 Å². The monoisotopic (exact) mass is 216 g/mol. The lowest BCUT2D eigenvalue weighted by Gasteiger charge is -2.05. The van der Waals surface area contributed by atoms with Gasteiger partial charge >= 0.3 is 7.12 Å². The minimum absolute atomic E-state index is 0.501. The van der Waals surface area contributed by atoms with E-state index in [0.717, 1.165) is 11.3 Å². The largest absolute Gasteiger partial charge is 0.488 e. The standard InChI is InChI=1S/C11H13BN2O2/c1-9-6-7-13-14(9)8-10-2-4-11(5-3-10)12(15)16/h2-7,15-16H,8H2,1H3. The van der Waals surface area contributed by atoms with E-state index in [-0.39, 0.29) is 0 Å². The molecule has 2 aromatic rings. The van der Waals surface area contributed by atoms with Crippen LogP contribution in [0.15, 0.2) is 36.5 Å². The highest BCUT2D eigenvalue weighted by molar-refractivity contribution is 6.58. The number of hydrogen-bond acceptors (Lipinski definition) is 3. The van der Waals surface area contributed by atoms with E-state index in [0.29, 0.717) is 12.0 Å². The molecule has 1 aromatic heterocycles. The van der Waals surface area contributed by atoms with Crippen LogP contribution < -0.4 is 5.46 Å². The van der Waals surface area contributed by atoms with Crippen molar-refractivity contribution >= 4 is 12.6 Å². The summed E-state index contributed by atoms with van der Waals surface area (Å²) in [5, 5.41) is 22.1. The third kappa shape index (κ3) is 2.32. The Kier molecular flexibility index (Phi) is 3.08. The van der Waals surface area contributed by atoms with Gasteiger partial charge in [0.1, 0.15) is 0 Å². The molecule has 82 valence electrons. The maximum atomic E-state index is 8.95. The third-order valence-electron chi connectivity index (χ3n) is 2.54. The third-order valence-corrected chi connectivity index (χ3v) is 2.54. The summed E-state index contributed by atoms with van der Waals surface area (Å²) in [6.07, 6.45) is 1.77. The molecule has 4 nitrogen and oxygen atoms in total. The van der Waals surface area contributed by atoms with E-state index in [1.807, 2.05) is 29.8 Å². The Balaban J connectivity index is 2.14. The summed E-state index contributed by atoms with van der Waals surface area (Å²) < 4.78 is 1.89. The van der Waals surface area contributed by atoms with Gasteiger partial charge in [0.15, 0.2) is 0 Å². The first-order valence-electron chi connectivity index (χ1n) is 5.10. The van der Waals surface area contributed by atoms with E-state index in [1.165, 1.54) is 0 Å². The van der Waals surface area contributed by atoms with Gasteiger partial charge in [-0.05, 0) is 24.0 Å². The maximum Gasteiger partial charge on any atom is 0.488 e. The maximum absolute atomic E-state index is 8.95. The van der Waals surface area contributed by atoms with E-state index in [2.05, 4.69) is 5.10 Å². The fourth-order valence-electron chi connectivity index (χ4n) is 1.53. The van der Waals surface area contributed by atoms with Crippen LogP contribution in [0.3, 0.4) is 0 Å². The summed E-state index contributed by atoms with van der Waals surface area (Å²) in [6.45, 7) is 2.69. The average Bonchev–Trinajstić information content (AvgIpc) is 2.65. The van der Waals surface area contributed by atoms with Crippen LogP contribution in [0.25, 0.3) is 0 Å². The number of benzene rings is 1. The highest BCUT2D eigenvalue weighted by Crippen LogP contribution is 2.03. The zero-order valence-electron chi connectivity index (χ0n) is 9.04. The zero-order chi connectivity index (χ0) is 11.5. The van der Waals surface area contributed by atoms with E-state index >= 15 is 0 Å². The quantitative estimate of drug-likeness (QED) is 0.705. The second kappa shape index (κ2) is 4.51. The van der Waals surface area contributed by atoms with Gasteiger partial charge in [0.05, 0.1) is 6.54 Å². The van der Waals surface area contributed by atoms with Gasteiger partial charge in [0.25, 0.3) is 0 Å². The number of aryl methyl sites for hydroxylation is 1. The second-order valence-corrected chi connectivity index (χ2v) is 3.75. The normalized spacial score (nSPS) is 10.4. The molecule has 0 unspecified atom stereocenters. The van der Waals surface area contributed by atoms with Gasteiger partial charge in [-0.3, -0.25) is 4.68 Å². The van der Waals surface area contributed by atoms with Crippen molar-refractivity contribution in [2.45, 2.75) is 13.5 Å². The van der Waals surface area contributed by atoms with Crippen LogP contribution in [0.1, 0.15) is 11.3 Å². The minimum atomic E-state index is -1.40. The first-order chi connectivity index (χ1) is 7.66. The fourth-order valence-corrected chi connectivity index (χ4v) is 1.53. The van der Waals surface area contributed by atoms with Crippen molar-refractivity contribution in [3.63, 3.8) is 0 Å². The van der Waals surface area contributed by atoms with Crippen molar-refractivity contribution < 1.29 is 10.0 Å². The molecule has 0 bridgehead atoms. The van der Waals surface area contributed by atoms with Gasteiger partial charge in [0.2, 0.25) is 0 Å². The lowest BCUT2D eigenvalue weighted by Crippen LogP contribution is -2.29. The summed E-state index contributed by atoms with van der Waals surface area (Å²) in [6, 6.07) is 9.11. The molecule has 0 saturated carbocycles. The van der Waals surface area contributed by atoms with Crippen molar-refractivity contribution in [2.24, 2.45) is 0 Å². The Labute approximate surface area is 94.3 Å². The Morgan fingerprint density at radius 2 is 1.88 bits per heavy atom. The number of hydrogen-bond donors (Lipinski definition) is 2. The Hall–Kier alpha value is -1.59. The topological polar surface area (TPSA) is 58.3 Å². The number of aromatic nitrogens is 2. The summed E-state index contributed by atoms with van der Waals surface area (Å²) in [7, 11) is -1.40. The second-order valence-electron chi connectivity index (χ2n) is 3.75. The molecular formula is C11H13BN2O2. The van der Waals surface area contributed by atoms with Crippen LogP contribution in [-0.4, -0.2) is 26.9 Å². The molecule has 0 aliphatic heterocycles. The van der Waals surface area contributed by atoms with Crippen LogP contribution >= 0.6 is 0 Å². The smallest absolute Gasteiger partial charge is 0.423 e. The molecule has 0 radical (unpaired) electrons. The van der Waals surface area contributed by atoms with Crippen molar-refractivity contribution in [2.75, 3.05) is 0 Å². The predicted molar refractivity (Wildman–Crippen MR) is 62.3 cm³/mol. The van der Waals surface area contributed by atoms with Crippen molar-refractivity contribution in [3.8, 4) is 0 Å². The van der Waals surface area contributed by atoms with Gasteiger partial charge in [-0.15, -0.1) is 0 Å².